The van der Waals surface area contributed by atoms with Gasteiger partial charge in [0.05, 0.1) is 6.10 Å². The molecule has 5 nitrogen and oxygen atoms in total. The fraction of sp³-hybridized carbons (Fsp3) is 0.524. The smallest absolute Gasteiger partial charge is 0.225 e. The van der Waals surface area contributed by atoms with Crippen LogP contribution in [0.25, 0.3) is 0 Å². The van der Waals surface area contributed by atoms with Gasteiger partial charge < -0.3 is 15.0 Å². The van der Waals surface area contributed by atoms with Crippen molar-refractivity contribution in [3.8, 4) is 5.75 Å². The molecule has 5 heteroatoms. The SMILES string of the molecule is c1cnc(N2CCCC(NCc3cccc(OC4CCCC4)c3)C2)nc1. The van der Waals surface area contributed by atoms with Gasteiger partial charge in [0, 0.05) is 38.1 Å². The summed E-state index contributed by atoms with van der Waals surface area (Å²) in [5.41, 5.74) is 1.29. The Hall–Kier alpha value is -2.14. The average Bonchev–Trinajstić information content (AvgIpc) is 3.21. The number of aromatic nitrogens is 2. The standard InChI is InChI=1S/C21H28N4O/c1-2-9-19(8-1)26-20-10-3-6-17(14-20)15-24-18-7-4-13-25(16-18)21-22-11-5-12-23-21/h3,5-6,10-12,14,18-19,24H,1-2,4,7-9,13,15-16H2. The van der Waals surface area contributed by atoms with Gasteiger partial charge in [-0.05, 0) is 62.3 Å². The van der Waals surface area contributed by atoms with E-state index >= 15 is 0 Å². The molecule has 0 radical (unpaired) electrons. The Morgan fingerprint density at radius 2 is 1.88 bits per heavy atom. The lowest BCUT2D eigenvalue weighted by molar-refractivity contribution is 0.210. The maximum Gasteiger partial charge on any atom is 0.225 e. The van der Waals surface area contributed by atoms with Crippen LogP contribution in [0.5, 0.6) is 5.75 Å². The van der Waals surface area contributed by atoms with E-state index in [9.17, 15) is 0 Å². The second kappa shape index (κ2) is 8.49. The molecule has 1 aliphatic heterocycles. The van der Waals surface area contributed by atoms with E-state index in [1.165, 1.54) is 44.1 Å². The molecule has 1 aromatic heterocycles. The molecule has 0 spiro atoms. The van der Waals surface area contributed by atoms with Gasteiger partial charge in [-0.25, -0.2) is 9.97 Å². The number of nitrogens with one attached hydrogen (secondary N) is 1. The summed E-state index contributed by atoms with van der Waals surface area (Å²) in [6, 6.07) is 10.9. The second-order valence-corrected chi connectivity index (χ2v) is 7.39. The van der Waals surface area contributed by atoms with Gasteiger partial charge >= 0.3 is 0 Å². The zero-order valence-corrected chi connectivity index (χ0v) is 15.3. The molecule has 1 unspecified atom stereocenters. The van der Waals surface area contributed by atoms with E-state index in [1.807, 2.05) is 18.5 Å². The Labute approximate surface area is 155 Å². The molecule has 1 saturated carbocycles. The van der Waals surface area contributed by atoms with Crippen LogP contribution in [0, 0.1) is 0 Å². The van der Waals surface area contributed by atoms with Gasteiger partial charge in [-0.2, -0.15) is 0 Å². The Morgan fingerprint density at radius 3 is 2.73 bits per heavy atom. The third kappa shape index (κ3) is 4.52. The number of benzene rings is 1. The highest BCUT2D eigenvalue weighted by Crippen LogP contribution is 2.24. The van der Waals surface area contributed by atoms with Gasteiger partial charge in [0.15, 0.2) is 0 Å². The highest BCUT2D eigenvalue weighted by atomic mass is 16.5. The molecule has 4 rings (SSSR count). The molecule has 0 bridgehead atoms. The van der Waals surface area contributed by atoms with Gasteiger partial charge in [-0.15, -0.1) is 0 Å². The number of ether oxygens (including phenoxy) is 1. The highest BCUT2D eigenvalue weighted by molar-refractivity contribution is 5.30. The van der Waals surface area contributed by atoms with Crippen molar-refractivity contribution >= 4 is 5.95 Å². The van der Waals surface area contributed by atoms with Gasteiger partial charge in [0.25, 0.3) is 0 Å². The minimum absolute atomic E-state index is 0.413. The van der Waals surface area contributed by atoms with Crippen molar-refractivity contribution in [2.24, 2.45) is 0 Å². The summed E-state index contributed by atoms with van der Waals surface area (Å²) in [5.74, 6) is 1.85. The summed E-state index contributed by atoms with van der Waals surface area (Å²) in [6.45, 7) is 2.87. The van der Waals surface area contributed by atoms with Crippen LogP contribution >= 0.6 is 0 Å². The molecule has 1 N–H and O–H groups in total. The number of rotatable bonds is 6. The van der Waals surface area contributed by atoms with Crippen molar-refractivity contribution in [1.82, 2.24) is 15.3 Å². The number of hydrogen-bond donors (Lipinski definition) is 1. The lowest BCUT2D eigenvalue weighted by Crippen LogP contribution is -2.46. The molecule has 1 aliphatic carbocycles. The Bertz CT molecular complexity index is 687. The second-order valence-electron chi connectivity index (χ2n) is 7.39. The minimum atomic E-state index is 0.413. The van der Waals surface area contributed by atoms with Gasteiger partial charge in [-0.1, -0.05) is 12.1 Å². The van der Waals surface area contributed by atoms with Crippen molar-refractivity contribution < 1.29 is 4.74 Å². The molecular formula is C21H28N4O. The van der Waals surface area contributed by atoms with Gasteiger partial charge in [0.1, 0.15) is 5.75 Å². The van der Waals surface area contributed by atoms with Crippen LogP contribution in [0.3, 0.4) is 0 Å². The van der Waals surface area contributed by atoms with Crippen LogP contribution in [0.2, 0.25) is 0 Å². The molecule has 2 fully saturated rings. The van der Waals surface area contributed by atoms with Crippen molar-refractivity contribution in [3.63, 3.8) is 0 Å². The maximum absolute atomic E-state index is 6.13. The minimum Gasteiger partial charge on any atom is -0.490 e. The quantitative estimate of drug-likeness (QED) is 0.861. The number of hydrogen-bond acceptors (Lipinski definition) is 5. The lowest BCUT2D eigenvalue weighted by atomic mass is 10.1. The van der Waals surface area contributed by atoms with Crippen molar-refractivity contribution in [3.05, 3.63) is 48.3 Å². The van der Waals surface area contributed by atoms with Crippen LogP contribution in [0.15, 0.2) is 42.7 Å². The van der Waals surface area contributed by atoms with Crippen LogP contribution in [-0.2, 0) is 6.54 Å². The van der Waals surface area contributed by atoms with Crippen molar-refractivity contribution in [2.45, 2.75) is 57.2 Å². The van der Waals surface area contributed by atoms with Crippen molar-refractivity contribution in [1.29, 1.82) is 0 Å². The largest absolute Gasteiger partial charge is 0.490 e. The Morgan fingerprint density at radius 1 is 1.04 bits per heavy atom. The van der Waals surface area contributed by atoms with Gasteiger partial charge in [-0.3, -0.25) is 0 Å². The fourth-order valence-corrected chi connectivity index (χ4v) is 3.97. The average molecular weight is 352 g/mol. The van der Waals surface area contributed by atoms with E-state index in [0.717, 1.165) is 31.3 Å². The predicted octanol–water partition coefficient (Wildman–Crippen LogP) is 3.56. The summed E-state index contributed by atoms with van der Waals surface area (Å²) >= 11 is 0. The summed E-state index contributed by atoms with van der Waals surface area (Å²) in [6.07, 6.45) is 11.4. The third-order valence-corrected chi connectivity index (χ3v) is 5.35. The summed E-state index contributed by atoms with van der Waals surface area (Å²) in [5, 5.41) is 3.71. The molecular weight excluding hydrogens is 324 g/mol. The molecule has 2 aromatic rings. The molecule has 2 aliphatic rings. The molecule has 138 valence electrons. The first kappa shape index (κ1) is 17.3. The Kier molecular flexibility index (Phi) is 5.65. The van der Waals surface area contributed by atoms with Gasteiger partial charge in [0.2, 0.25) is 5.95 Å². The number of anilines is 1. The first-order chi connectivity index (χ1) is 12.9. The van der Waals surface area contributed by atoms with E-state index in [-0.39, 0.29) is 0 Å². The van der Waals surface area contributed by atoms with E-state index in [2.05, 4.69) is 44.5 Å². The monoisotopic (exact) mass is 352 g/mol. The number of nitrogens with zero attached hydrogens (tertiary/aromatic N) is 3. The van der Waals surface area contributed by atoms with Crippen LogP contribution in [0.4, 0.5) is 5.95 Å². The molecule has 1 aromatic carbocycles. The Balaban J connectivity index is 1.30. The molecule has 26 heavy (non-hydrogen) atoms. The van der Waals surface area contributed by atoms with E-state index in [1.54, 1.807) is 0 Å². The lowest BCUT2D eigenvalue weighted by Gasteiger charge is -2.33. The maximum atomic E-state index is 6.13. The zero-order valence-electron chi connectivity index (χ0n) is 15.3. The summed E-state index contributed by atoms with van der Waals surface area (Å²) in [4.78, 5) is 11.1. The molecule has 2 heterocycles. The molecule has 1 atom stereocenters. The fourth-order valence-electron chi connectivity index (χ4n) is 3.97. The summed E-state index contributed by atoms with van der Waals surface area (Å²) in [7, 11) is 0. The van der Waals surface area contributed by atoms with Crippen LogP contribution in [0.1, 0.15) is 44.1 Å². The van der Waals surface area contributed by atoms with E-state index in [0.29, 0.717) is 12.1 Å². The normalized spacial score (nSPS) is 21.1. The summed E-state index contributed by atoms with van der Waals surface area (Å²) < 4.78 is 6.13. The highest BCUT2D eigenvalue weighted by Gasteiger charge is 2.21. The van der Waals surface area contributed by atoms with E-state index < -0.39 is 0 Å². The predicted molar refractivity (Wildman–Crippen MR) is 103 cm³/mol. The van der Waals surface area contributed by atoms with E-state index in [4.69, 9.17) is 4.74 Å². The van der Waals surface area contributed by atoms with Crippen molar-refractivity contribution in [2.75, 3.05) is 18.0 Å². The first-order valence-corrected chi connectivity index (χ1v) is 9.88. The topological polar surface area (TPSA) is 50.3 Å². The third-order valence-electron chi connectivity index (χ3n) is 5.35. The first-order valence-electron chi connectivity index (χ1n) is 9.88. The van der Waals surface area contributed by atoms with Crippen LogP contribution in [-0.4, -0.2) is 35.2 Å². The van der Waals surface area contributed by atoms with Crippen LogP contribution < -0.4 is 15.0 Å². The molecule has 1 saturated heterocycles. The zero-order chi connectivity index (χ0) is 17.6. The number of piperidine rings is 1. The molecule has 0 amide bonds.